The molecule has 0 saturated carbocycles. The predicted molar refractivity (Wildman–Crippen MR) is 111 cm³/mol. The van der Waals surface area contributed by atoms with Crippen molar-refractivity contribution >= 4 is 27.3 Å². The van der Waals surface area contributed by atoms with Crippen molar-refractivity contribution in [2.24, 2.45) is 5.92 Å². The van der Waals surface area contributed by atoms with Crippen molar-refractivity contribution in [2.45, 2.75) is 24.7 Å². The van der Waals surface area contributed by atoms with Crippen LogP contribution in [0.4, 0.5) is 11.4 Å². The van der Waals surface area contributed by atoms with E-state index >= 15 is 0 Å². The highest BCUT2D eigenvalue weighted by Gasteiger charge is 2.32. The van der Waals surface area contributed by atoms with Crippen molar-refractivity contribution in [1.29, 1.82) is 0 Å². The molecule has 30 heavy (non-hydrogen) atoms. The smallest absolute Gasteiger partial charge is 0.273 e. The Morgan fingerprint density at radius 3 is 2.37 bits per heavy atom. The summed E-state index contributed by atoms with van der Waals surface area (Å²) in [6.07, 6.45) is 0.762. The van der Waals surface area contributed by atoms with E-state index in [1.54, 1.807) is 24.3 Å². The Balaban J connectivity index is 1.64. The van der Waals surface area contributed by atoms with Gasteiger partial charge < -0.3 is 10.1 Å². The number of hydrogen-bond acceptors (Lipinski definition) is 6. The molecule has 1 saturated heterocycles. The first-order valence-electron chi connectivity index (χ1n) is 9.42. The Labute approximate surface area is 174 Å². The molecule has 1 aliphatic heterocycles. The number of carbonyl (C=O) groups excluding carboxylic acids is 1. The number of methoxy groups -OCH3 is 1. The lowest BCUT2D eigenvalue weighted by atomic mass is 9.97. The Morgan fingerprint density at radius 2 is 1.80 bits per heavy atom. The molecule has 3 rings (SSSR count). The molecule has 160 valence electrons. The van der Waals surface area contributed by atoms with Gasteiger partial charge in [0.1, 0.15) is 5.75 Å². The van der Waals surface area contributed by atoms with Gasteiger partial charge in [-0.05, 0) is 38.0 Å². The molecule has 1 fully saturated rings. The maximum Gasteiger partial charge on any atom is 0.273 e. The zero-order chi connectivity index (χ0) is 21.9. The number of sulfonamides is 1. The third kappa shape index (κ3) is 4.60. The maximum atomic E-state index is 12.8. The van der Waals surface area contributed by atoms with Gasteiger partial charge in [0.25, 0.3) is 5.69 Å². The topological polar surface area (TPSA) is 119 Å². The number of benzene rings is 2. The van der Waals surface area contributed by atoms with E-state index < -0.39 is 14.9 Å². The molecule has 2 aromatic carbocycles. The lowest BCUT2D eigenvalue weighted by Crippen LogP contribution is -2.41. The number of nitro benzene ring substituents is 1. The average Bonchev–Trinajstić information content (AvgIpc) is 2.74. The van der Waals surface area contributed by atoms with E-state index in [4.69, 9.17) is 4.74 Å². The lowest BCUT2D eigenvalue weighted by molar-refractivity contribution is -0.384. The van der Waals surface area contributed by atoms with Gasteiger partial charge in [0.15, 0.2) is 0 Å². The van der Waals surface area contributed by atoms with Crippen LogP contribution >= 0.6 is 0 Å². The van der Waals surface area contributed by atoms with Crippen LogP contribution in [0.5, 0.6) is 5.75 Å². The fourth-order valence-corrected chi connectivity index (χ4v) is 4.82. The number of nitrogens with one attached hydrogen (secondary N) is 1. The summed E-state index contributed by atoms with van der Waals surface area (Å²) in [7, 11) is -2.23. The molecule has 0 aliphatic carbocycles. The Hall–Kier alpha value is -2.98. The largest absolute Gasteiger partial charge is 0.494 e. The first-order chi connectivity index (χ1) is 14.2. The van der Waals surface area contributed by atoms with Crippen LogP contribution in [0, 0.1) is 23.0 Å². The average molecular weight is 433 g/mol. The first kappa shape index (κ1) is 21.7. The Morgan fingerprint density at radius 1 is 1.17 bits per heavy atom. The second-order valence-electron chi connectivity index (χ2n) is 7.12. The Bertz CT molecular complexity index is 1040. The monoisotopic (exact) mass is 433 g/mol. The summed E-state index contributed by atoms with van der Waals surface area (Å²) in [5, 5.41) is 13.6. The number of aryl methyl sites for hydroxylation is 1. The minimum atomic E-state index is -3.59. The highest BCUT2D eigenvalue weighted by molar-refractivity contribution is 7.89. The number of amides is 1. The number of ether oxygens (including phenoxy) is 1. The predicted octanol–water partition coefficient (Wildman–Crippen LogP) is 2.95. The van der Waals surface area contributed by atoms with Gasteiger partial charge in [-0.2, -0.15) is 4.31 Å². The molecule has 0 unspecified atom stereocenters. The highest BCUT2D eigenvalue weighted by Crippen LogP contribution is 2.31. The quantitative estimate of drug-likeness (QED) is 0.553. The van der Waals surface area contributed by atoms with Crippen LogP contribution in [0.15, 0.2) is 47.4 Å². The van der Waals surface area contributed by atoms with Gasteiger partial charge in [-0.1, -0.05) is 17.7 Å². The number of piperidine rings is 1. The normalized spacial score (nSPS) is 15.5. The molecule has 10 heteroatoms. The van der Waals surface area contributed by atoms with Gasteiger partial charge in [-0.15, -0.1) is 0 Å². The van der Waals surface area contributed by atoms with Gasteiger partial charge in [0.2, 0.25) is 15.9 Å². The van der Waals surface area contributed by atoms with Gasteiger partial charge >= 0.3 is 0 Å². The van der Waals surface area contributed by atoms with E-state index in [0.29, 0.717) is 18.5 Å². The van der Waals surface area contributed by atoms with Crippen molar-refractivity contribution in [1.82, 2.24) is 4.31 Å². The third-order valence-electron chi connectivity index (χ3n) is 5.14. The highest BCUT2D eigenvalue weighted by atomic mass is 32.2. The van der Waals surface area contributed by atoms with Crippen molar-refractivity contribution in [3.63, 3.8) is 0 Å². The summed E-state index contributed by atoms with van der Waals surface area (Å²) in [5.74, 6) is -0.444. The molecule has 2 aromatic rings. The molecular formula is C20H23N3O6S. The van der Waals surface area contributed by atoms with Crippen LogP contribution in [0.2, 0.25) is 0 Å². The fraction of sp³-hybridized carbons (Fsp3) is 0.350. The molecule has 0 atom stereocenters. The summed E-state index contributed by atoms with van der Waals surface area (Å²) >= 11 is 0. The molecule has 0 bridgehead atoms. The van der Waals surface area contributed by atoms with E-state index in [0.717, 1.165) is 5.56 Å². The molecule has 9 nitrogen and oxygen atoms in total. The van der Waals surface area contributed by atoms with Gasteiger partial charge in [-0.25, -0.2) is 8.42 Å². The van der Waals surface area contributed by atoms with Crippen LogP contribution < -0.4 is 10.1 Å². The summed E-state index contributed by atoms with van der Waals surface area (Å²) in [5.41, 5.74) is 1.17. The summed E-state index contributed by atoms with van der Waals surface area (Å²) in [6, 6.07) is 10.6. The van der Waals surface area contributed by atoms with Crippen molar-refractivity contribution in [2.75, 3.05) is 25.5 Å². The van der Waals surface area contributed by atoms with Crippen molar-refractivity contribution in [3.05, 3.63) is 58.1 Å². The standard InChI is InChI=1S/C20H23N3O6S/c1-14-3-6-17(7-4-14)30(27,28)22-11-9-15(10-12-22)20(24)21-18-8-5-16(23(25)26)13-19(18)29-2/h3-8,13,15H,9-12H2,1-2H3,(H,21,24). The number of anilines is 1. The Kier molecular flexibility index (Phi) is 6.37. The molecule has 1 heterocycles. The summed E-state index contributed by atoms with van der Waals surface area (Å²) < 4.78 is 32.1. The van der Waals surface area contributed by atoms with Gasteiger partial charge in [0.05, 0.1) is 28.7 Å². The number of carbonyl (C=O) groups is 1. The van der Waals surface area contributed by atoms with Crippen LogP contribution in [-0.4, -0.2) is 43.8 Å². The van der Waals surface area contributed by atoms with Crippen molar-refractivity contribution in [3.8, 4) is 5.75 Å². The second kappa shape index (κ2) is 8.80. The van der Waals surface area contributed by atoms with E-state index in [9.17, 15) is 23.3 Å². The molecule has 1 amide bonds. The van der Waals surface area contributed by atoms with Crippen LogP contribution in [0.25, 0.3) is 0 Å². The minimum absolute atomic E-state index is 0.139. The third-order valence-corrected chi connectivity index (χ3v) is 7.05. The van der Waals surface area contributed by atoms with E-state index in [1.807, 2.05) is 6.92 Å². The maximum absolute atomic E-state index is 12.8. The van der Waals surface area contributed by atoms with E-state index in [1.165, 1.54) is 29.6 Å². The lowest BCUT2D eigenvalue weighted by Gasteiger charge is -2.30. The van der Waals surface area contributed by atoms with E-state index in [2.05, 4.69) is 5.32 Å². The summed E-state index contributed by atoms with van der Waals surface area (Å²) in [6.45, 7) is 2.37. The zero-order valence-electron chi connectivity index (χ0n) is 16.7. The van der Waals surface area contributed by atoms with E-state index in [-0.39, 0.29) is 41.2 Å². The molecular weight excluding hydrogens is 410 g/mol. The number of nitrogens with zero attached hydrogens (tertiary/aromatic N) is 2. The van der Waals surface area contributed by atoms with Crippen LogP contribution in [-0.2, 0) is 14.8 Å². The molecule has 1 aliphatic rings. The minimum Gasteiger partial charge on any atom is -0.494 e. The summed E-state index contributed by atoms with van der Waals surface area (Å²) in [4.78, 5) is 23.2. The number of non-ortho nitro benzene ring substituents is 1. The zero-order valence-corrected chi connectivity index (χ0v) is 17.5. The van der Waals surface area contributed by atoms with Crippen LogP contribution in [0.3, 0.4) is 0 Å². The molecule has 0 spiro atoms. The number of rotatable bonds is 6. The molecule has 0 aromatic heterocycles. The van der Waals surface area contributed by atoms with Crippen LogP contribution in [0.1, 0.15) is 18.4 Å². The van der Waals surface area contributed by atoms with Crippen molar-refractivity contribution < 1.29 is 22.9 Å². The number of hydrogen-bond donors (Lipinski definition) is 1. The fourth-order valence-electron chi connectivity index (χ4n) is 3.35. The van der Waals surface area contributed by atoms with Gasteiger partial charge in [-0.3, -0.25) is 14.9 Å². The first-order valence-corrected chi connectivity index (χ1v) is 10.9. The molecule has 0 radical (unpaired) electrons. The molecule has 1 N–H and O–H groups in total. The second-order valence-corrected chi connectivity index (χ2v) is 9.06. The SMILES string of the molecule is COc1cc([N+](=O)[O-])ccc1NC(=O)C1CCN(S(=O)(=O)c2ccc(C)cc2)CC1. The number of nitro groups is 1. The van der Waals surface area contributed by atoms with Gasteiger partial charge in [0, 0.05) is 25.1 Å².